The van der Waals surface area contributed by atoms with Crippen LogP contribution in [0.15, 0.2) is 24.4 Å². The average molecular weight is 283 g/mol. The van der Waals surface area contributed by atoms with Gasteiger partial charge in [-0.25, -0.2) is 9.97 Å². The van der Waals surface area contributed by atoms with Crippen LogP contribution in [0.25, 0.3) is 0 Å². The molecule has 3 nitrogen and oxygen atoms in total. The van der Waals surface area contributed by atoms with E-state index in [-0.39, 0.29) is 5.41 Å². The maximum atomic E-state index is 4.52. The van der Waals surface area contributed by atoms with Gasteiger partial charge in [0.2, 0.25) is 0 Å². The van der Waals surface area contributed by atoms with Crippen molar-refractivity contribution in [1.29, 1.82) is 0 Å². The van der Waals surface area contributed by atoms with Gasteiger partial charge in [-0.3, -0.25) is 0 Å². The van der Waals surface area contributed by atoms with Gasteiger partial charge in [-0.2, -0.15) is 0 Å². The Labute approximate surface area is 127 Å². The van der Waals surface area contributed by atoms with Crippen LogP contribution in [-0.4, -0.2) is 17.0 Å². The standard InChI is InChI=1S/C18H25N3/c1-12-9-14(18(3,4)5)10-13(2)15(12)11-17-20-8-7-16(19-6)21-17/h7-10H,11H2,1-6H3,(H,19,20,21). The molecule has 0 radical (unpaired) electrons. The minimum Gasteiger partial charge on any atom is -0.373 e. The molecule has 0 aliphatic rings. The van der Waals surface area contributed by atoms with Crippen molar-refractivity contribution < 1.29 is 0 Å². The van der Waals surface area contributed by atoms with Crippen molar-refractivity contribution in [3.8, 4) is 0 Å². The summed E-state index contributed by atoms with van der Waals surface area (Å²) < 4.78 is 0. The number of aryl methyl sites for hydroxylation is 2. The van der Waals surface area contributed by atoms with E-state index in [0.717, 1.165) is 18.1 Å². The summed E-state index contributed by atoms with van der Waals surface area (Å²) in [7, 11) is 1.88. The summed E-state index contributed by atoms with van der Waals surface area (Å²) in [5.74, 6) is 1.72. The molecule has 3 heteroatoms. The van der Waals surface area contributed by atoms with Crippen LogP contribution in [0, 0.1) is 13.8 Å². The van der Waals surface area contributed by atoms with Gasteiger partial charge >= 0.3 is 0 Å². The van der Waals surface area contributed by atoms with Crippen molar-refractivity contribution in [1.82, 2.24) is 9.97 Å². The molecule has 0 aliphatic heterocycles. The summed E-state index contributed by atoms with van der Waals surface area (Å²) in [5, 5.41) is 3.06. The molecule has 2 rings (SSSR count). The van der Waals surface area contributed by atoms with Crippen LogP contribution < -0.4 is 5.32 Å². The highest BCUT2D eigenvalue weighted by atomic mass is 15.0. The molecule has 0 atom stereocenters. The van der Waals surface area contributed by atoms with Crippen molar-refractivity contribution in [3.05, 3.63) is 52.5 Å². The number of benzene rings is 1. The number of hydrogen-bond acceptors (Lipinski definition) is 3. The molecule has 0 unspecified atom stereocenters. The molecule has 1 aromatic carbocycles. The van der Waals surface area contributed by atoms with Gasteiger partial charge in [-0.05, 0) is 47.6 Å². The van der Waals surface area contributed by atoms with Crippen molar-refractivity contribution in [2.45, 2.75) is 46.5 Å². The van der Waals surface area contributed by atoms with Gasteiger partial charge in [0.1, 0.15) is 11.6 Å². The molecule has 0 fully saturated rings. The summed E-state index contributed by atoms with van der Waals surface area (Å²) in [6.45, 7) is 11.1. The molecule has 112 valence electrons. The maximum absolute atomic E-state index is 4.52. The van der Waals surface area contributed by atoms with Crippen LogP contribution in [0.4, 0.5) is 5.82 Å². The second-order valence-electron chi connectivity index (χ2n) is 6.62. The quantitative estimate of drug-likeness (QED) is 0.924. The smallest absolute Gasteiger partial charge is 0.135 e. The number of nitrogens with zero attached hydrogens (tertiary/aromatic N) is 2. The normalized spacial score (nSPS) is 11.5. The number of aromatic nitrogens is 2. The van der Waals surface area contributed by atoms with E-state index in [4.69, 9.17) is 0 Å². The SMILES string of the molecule is CNc1ccnc(Cc2c(C)cc(C(C)(C)C)cc2C)n1. The van der Waals surface area contributed by atoms with Gasteiger partial charge in [0.05, 0.1) is 0 Å². The molecule has 0 aliphatic carbocycles. The van der Waals surface area contributed by atoms with Crippen molar-refractivity contribution >= 4 is 5.82 Å². The molecule has 0 amide bonds. The van der Waals surface area contributed by atoms with E-state index in [9.17, 15) is 0 Å². The monoisotopic (exact) mass is 283 g/mol. The predicted octanol–water partition coefficient (Wildman–Crippen LogP) is 4.02. The Bertz CT molecular complexity index is 616. The lowest BCUT2D eigenvalue weighted by Crippen LogP contribution is -2.13. The molecule has 0 saturated carbocycles. The first-order valence-corrected chi connectivity index (χ1v) is 7.41. The molecule has 1 heterocycles. The summed E-state index contributed by atoms with van der Waals surface area (Å²) in [6, 6.07) is 6.47. The average Bonchev–Trinajstić information content (AvgIpc) is 2.42. The fourth-order valence-corrected chi connectivity index (χ4v) is 2.49. The molecule has 0 spiro atoms. The Morgan fingerprint density at radius 1 is 1.10 bits per heavy atom. The lowest BCUT2D eigenvalue weighted by Gasteiger charge is -2.22. The zero-order valence-corrected chi connectivity index (χ0v) is 13.9. The van der Waals surface area contributed by atoms with Crippen LogP contribution >= 0.6 is 0 Å². The highest BCUT2D eigenvalue weighted by molar-refractivity contribution is 5.42. The van der Waals surface area contributed by atoms with E-state index in [1.165, 1.54) is 22.3 Å². The van der Waals surface area contributed by atoms with Gasteiger partial charge < -0.3 is 5.32 Å². The third-order valence-electron chi connectivity index (χ3n) is 3.86. The molecule has 0 bridgehead atoms. The largest absolute Gasteiger partial charge is 0.373 e. The first-order chi connectivity index (χ1) is 9.81. The van der Waals surface area contributed by atoms with E-state index in [2.05, 4.69) is 62.0 Å². The first kappa shape index (κ1) is 15.5. The minimum atomic E-state index is 0.177. The van der Waals surface area contributed by atoms with Crippen LogP contribution in [0.5, 0.6) is 0 Å². The molecule has 1 aromatic heterocycles. The summed E-state index contributed by atoms with van der Waals surface area (Å²) >= 11 is 0. The maximum Gasteiger partial charge on any atom is 0.135 e. The molecular weight excluding hydrogens is 258 g/mol. The number of rotatable bonds is 3. The summed E-state index contributed by atoms with van der Waals surface area (Å²) in [6.07, 6.45) is 2.58. The third kappa shape index (κ3) is 3.60. The van der Waals surface area contributed by atoms with Gasteiger partial charge in [0, 0.05) is 19.7 Å². The topological polar surface area (TPSA) is 37.8 Å². The van der Waals surface area contributed by atoms with Crippen LogP contribution in [0.1, 0.15) is 48.8 Å². The molecule has 1 N–H and O–H groups in total. The lowest BCUT2D eigenvalue weighted by atomic mass is 9.83. The highest BCUT2D eigenvalue weighted by Crippen LogP contribution is 2.27. The molecule has 21 heavy (non-hydrogen) atoms. The van der Waals surface area contributed by atoms with Gasteiger partial charge in [-0.15, -0.1) is 0 Å². The Kier molecular flexibility index (Phi) is 4.31. The van der Waals surface area contributed by atoms with E-state index >= 15 is 0 Å². The second kappa shape index (κ2) is 5.84. The summed E-state index contributed by atoms with van der Waals surface area (Å²) in [4.78, 5) is 8.90. The van der Waals surface area contributed by atoms with Crippen LogP contribution in [0.2, 0.25) is 0 Å². The van der Waals surface area contributed by atoms with Crippen molar-refractivity contribution in [2.75, 3.05) is 12.4 Å². The number of hydrogen-bond donors (Lipinski definition) is 1. The minimum absolute atomic E-state index is 0.177. The Morgan fingerprint density at radius 3 is 2.24 bits per heavy atom. The van der Waals surface area contributed by atoms with Crippen LogP contribution in [0.3, 0.4) is 0 Å². The fourth-order valence-electron chi connectivity index (χ4n) is 2.49. The van der Waals surface area contributed by atoms with Crippen molar-refractivity contribution in [2.24, 2.45) is 0 Å². The first-order valence-electron chi connectivity index (χ1n) is 7.41. The van der Waals surface area contributed by atoms with E-state index < -0.39 is 0 Å². The van der Waals surface area contributed by atoms with Gasteiger partial charge in [0.25, 0.3) is 0 Å². The zero-order valence-electron chi connectivity index (χ0n) is 13.9. The third-order valence-corrected chi connectivity index (χ3v) is 3.86. The molecular formula is C18H25N3. The van der Waals surface area contributed by atoms with Crippen molar-refractivity contribution in [3.63, 3.8) is 0 Å². The lowest BCUT2D eigenvalue weighted by molar-refractivity contribution is 0.588. The molecule has 0 saturated heterocycles. The Morgan fingerprint density at radius 2 is 1.71 bits per heavy atom. The Balaban J connectivity index is 2.36. The van der Waals surface area contributed by atoms with E-state index in [1.807, 2.05) is 19.3 Å². The van der Waals surface area contributed by atoms with E-state index in [0.29, 0.717) is 0 Å². The zero-order chi connectivity index (χ0) is 15.6. The molecule has 2 aromatic rings. The summed E-state index contributed by atoms with van der Waals surface area (Å²) in [5.41, 5.74) is 5.52. The van der Waals surface area contributed by atoms with Gasteiger partial charge in [0.15, 0.2) is 0 Å². The highest BCUT2D eigenvalue weighted by Gasteiger charge is 2.16. The van der Waals surface area contributed by atoms with Crippen LogP contribution in [-0.2, 0) is 11.8 Å². The van der Waals surface area contributed by atoms with Gasteiger partial charge in [-0.1, -0.05) is 32.9 Å². The predicted molar refractivity (Wildman–Crippen MR) is 89.0 cm³/mol. The number of anilines is 1. The fraction of sp³-hybridized carbons (Fsp3) is 0.444. The Hall–Kier alpha value is -1.90. The number of nitrogens with one attached hydrogen (secondary N) is 1. The second-order valence-corrected chi connectivity index (χ2v) is 6.62. The van der Waals surface area contributed by atoms with E-state index in [1.54, 1.807) is 0 Å².